The van der Waals surface area contributed by atoms with Crippen molar-refractivity contribution in [1.29, 1.82) is 0 Å². The van der Waals surface area contributed by atoms with E-state index in [4.69, 9.17) is 9.47 Å². The molecule has 3 rings (SSSR count). The Labute approximate surface area is 124 Å². The average molecular weight is 288 g/mol. The lowest BCUT2D eigenvalue weighted by atomic mass is 9.67. The predicted octanol–water partition coefficient (Wildman–Crippen LogP) is 2.14. The number of fused-ring (bicyclic) bond motifs is 2. The molecule has 0 N–H and O–H groups in total. The fraction of sp³-hybridized carbons (Fsp3) is 0.529. The average Bonchev–Trinajstić information content (AvgIpc) is 2.90. The minimum Gasteiger partial charge on any atom is -0.468 e. The quantitative estimate of drug-likeness (QED) is 0.618. The van der Waals surface area contributed by atoms with Gasteiger partial charge in [0, 0.05) is 0 Å². The van der Waals surface area contributed by atoms with Crippen molar-refractivity contribution in [2.45, 2.75) is 25.7 Å². The zero-order chi connectivity index (χ0) is 15.0. The first kappa shape index (κ1) is 14.1. The third-order valence-electron chi connectivity index (χ3n) is 5.25. The molecule has 1 saturated carbocycles. The fourth-order valence-electron chi connectivity index (χ4n) is 4.22. The number of ether oxygens (including phenoxy) is 2. The summed E-state index contributed by atoms with van der Waals surface area (Å²) in [5, 5.41) is 0. The molecule has 21 heavy (non-hydrogen) atoms. The van der Waals surface area contributed by atoms with Crippen molar-refractivity contribution < 1.29 is 19.1 Å². The summed E-state index contributed by atoms with van der Waals surface area (Å²) in [4.78, 5) is 24.8. The number of rotatable bonds is 2. The van der Waals surface area contributed by atoms with Gasteiger partial charge in [0.05, 0.1) is 14.2 Å². The minimum atomic E-state index is -1.12. The van der Waals surface area contributed by atoms with Crippen molar-refractivity contribution in [2.75, 3.05) is 14.2 Å². The summed E-state index contributed by atoms with van der Waals surface area (Å²) in [6.45, 7) is 0. The van der Waals surface area contributed by atoms with E-state index in [0.29, 0.717) is 12.3 Å². The number of hydrogen-bond acceptors (Lipinski definition) is 4. The van der Waals surface area contributed by atoms with E-state index in [2.05, 4.69) is 12.1 Å². The summed E-state index contributed by atoms with van der Waals surface area (Å²) < 4.78 is 9.92. The topological polar surface area (TPSA) is 52.6 Å². The van der Waals surface area contributed by atoms with E-state index in [-0.39, 0.29) is 5.92 Å². The normalized spacial score (nSPS) is 25.6. The monoisotopic (exact) mass is 288 g/mol. The highest BCUT2D eigenvalue weighted by atomic mass is 16.5. The lowest BCUT2D eigenvalue weighted by Crippen LogP contribution is -2.47. The first-order valence-corrected chi connectivity index (χ1v) is 7.37. The Balaban J connectivity index is 2.02. The largest absolute Gasteiger partial charge is 0.468 e. The van der Waals surface area contributed by atoms with Crippen molar-refractivity contribution in [3.8, 4) is 0 Å². The van der Waals surface area contributed by atoms with Crippen LogP contribution in [-0.4, -0.2) is 26.2 Å². The fourth-order valence-corrected chi connectivity index (χ4v) is 4.22. The Hall–Kier alpha value is -1.84. The van der Waals surface area contributed by atoms with Crippen LogP contribution in [0.25, 0.3) is 0 Å². The number of esters is 2. The van der Waals surface area contributed by atoms with Crippen LogP contribution in [0.5, 0.6) is 0 Å². The lowest BCUT2D eigenvalue weighted by Gasteiger charge is -2.36. The second-order valence-electron chi connectivity index (χ2n) is 6.04. The van der Waals surface area contributed by atoms with Gasteiger partial charge in [-0.2, -0.15) is 0 Å². The third kappa shape index (κ3) is 1.96. The molecule has 0 spiro atoms. The number of carbonyl (C=O) groups excluding carboxylic acids is 2. The van der Waals surface area contributed by atoms with Gasteiger partial charge in [-0.15, -0.1) is 0 Å². The first-order valence-electron chi connectivity index (χ1n) is 7.37. The van der Waals surface area contributed by atoms with Gasteiger partial charge in [-0.3, -0.25) is 9.59 Å². The molecule has 0 aliphatic heterocycles. The first-order chi connectivity index (χ1) is 10.1. The summed E-state index contributed by atoms with van der Waals surface area (Å²) in [5.74, 6) is -0.562. The van der Waals surface area contributed by atoms with Crippen LogP contribution in [0.4, 0.5) is 0 Å². The molecule has 2 atom stereocenters. The highest BCUT2D eigenvalue weighted by molar-refractivity contribution is 6.01. The van der Waals surface area contributed by atoms with Crippen molar-refractivity contribution >= 4 is 11.9 Å². The van der Waals surface area contributed by atoms with Crippen LogP contribution < -0.4 is 0 Å². The van der Waals surface area contributed by atoms with Gasteiger partial charge >= 0.3 is 11.9 Å². The molecule has 4 nitrogen and oxygen atoms in total. The Kier molecular flexibility index (Phi) is 3.47. The summed E-state index contributed by atoms with van der Waals surface area (Å²) in [6, 6.07) is 8.28. The zero-order valence-corrected chi connectivity index (χ0v) is 12.4. The molecule has 0 unspecified atom stereocenters. The van der Waals surface area contributed by atoms with Crippen LogP contribution in [0, 0.1) is 17.3 Å². The van der Waals surface area contributed by atoms with Gasteiger partial charge in [-0.25, -0.2) is 0 Å². The SMILES string of the molecule is COC(=O)C1(C(=O)OC)CC[C@H]2Cc3ccccc3C[C@@H]21. The molecule has 0 heterocycles. The molecular formula is C17H20O4. The van der Waals surface area contributed by atoms with Crippen LogP contribution in [0.15, 0.2) is 24.3 Å². The number of carbonyl (C=O) groups is 2. The maximum absolute atomic E-state index is 12.4. The molecule has 0 radical (unpaired) electrons. The van der Waals surface area contributed by atoms with Crippen LogP contribution in [-0.2, 0) is 31.9 Å². The van der Waals surface area contributed by atoms with Gasteiger partial charge in [-0.05, 0) is 48.6 Å². The third-order valence-corrected chi connectivity index (χ3v) is 5.25. The van der Waals surface area contributed by atoms with Gasteiger partial charge in [0.15, 0.2) is 5.41 Å². The minimum absolute atomic E-state index is 0.0210. The molecule has 0 saturated heterocycles. The van der Waals surface area contributed by atoms with Crippen LogP contribution in [0.2, 0.25) is 0 Å². The van der Waals surface area contributed by atoms with Crippen molar-refractivity contribution in [3.05, 3.63) is 35.4 Å². The molecular weight excluding hydrogens is 268 g/mol. The molecule has 0 aromatic heterocycles. The van der Waals surface area contributed by atoms with Crippen LogP contribution in [0.3, 0.4) is 0 Å². The highest BCUT2D eigenvalue weighted by Gasteiger charge is 2.61. The molecule has 1 aromatic rings. The smallest absolute Gasteiger partial charge is 0.323 e. The van der Waals surface area contributed by atoms with E-state index in [0.717, 1.165) is 19.3 Å². The maximum Gasteiger partial charge on any atom is 0.323 e. The molecule has 2 aliphatic rings. The van der Waals surface area contributed by atoms with Gasteiger partial charge in [0.1, 0.15) is 0 Å². The number of hydrogen-bond donors (Lipinski definition) is 0. The maximum atomic E-state index is 12.4. The van der Waals surface area contributed by atoms with E-state index in [1.54, 1.807) is 0 Å². The summed E-state index contributed by atoms with van der Waals surface area (Å²) in [7, 11) is 2.69. The van der Waals surface area contributed by atoms with Crippen LogP contribution >= 0.6 is 0 Å². The van der Waals surface area contributed by atoms with Gasteiger partial charge in [-0.1, -0.05) is 24.3 Å². The Morgan fingerprint density at radius 2 is 1.62 bits per heavy atom. The summed E-state index contributed by atoms with van der Waals surface area (Å²) in [5.41, 5.74) is 1.45. The standard InChI is InChI=1S/C17H20O4/c1-20-15(18)17(16(19)21-2)8-7-13-9-11-5-3-4-6-12(11)10-14(13)17/h3-6,13-14H,7-10H2,1-2H3/t13-,14-/m0/s1. The molecule has 1 fully saturated rings. The van der Waals surface area contributed by atoms with E-state index in [1.165, 1.54) is 25.3 Å². The molecule has 2 aliphatic carbocycles. The van der Waals surface area contributed by atoms with Crippen molar-refractivity contribution in [1.82, 2.24) is 0 Å². The highest BCUT2D eigenvalue weighted by Crippen LogP contribution is 2.53. The van der Waals surface area contributed by atoms with Crippen molar-refractivity contribution in [2.24, 2.45) is 17.3 Å². The summed E-state index contributed by atoms with van der Waals surface area (Å²) in [6.07, 6.45) is 3.06. The van der Waals surface area contributed by atoms with E-state index >= 15 is 0 Å². The number of methoxy groups -OCH3 is 2. The van der Waals surface area contributed by atoms with E-state index in [9.17, 15) is 9.59 Å². The number of benzene rings is 1. The second kappa shape index (κ2) is 5.17. The molecule has 0 amide bonds. The Bertz CT molecular complexity index is 562. The second-order valence-corrected chi connectivity index (χ2v) is 6.04. The van der Waals surface area contributed by atoms with E-state index in [1.807, 2.05) is 12.1 Å². The molecule has 112 valence electrons. The molecule has 0 bridgehead atoms. The lowest BCUT2D eigenvalue weighted by molar-refractivity contribution is -0.173. The predicted molar refractivity (Wildman–Crippen MR) is 76.5 cm³/mol. The Morgan fingerprint density at radius 3 is 2.19 bits per heavy atom. The van der Waals surface area contributed by atoms with Gasteiger partial charge in [0.25, 0.3) is 0 Å². The summed E-state index contributed by atoms with van der Waals surface area (Å²) >= 11 is 0. The van der Waals surface area contributed by atoms with Crippen molar-refractivity contribution in [3.63, 3.8) is 0 Å². The van der Waals surface area contributed by atoms with Gasteiger partial charge in [0.2, 0.25) is 0 Å². The van der Waals surface area contributed by atoms with Crippen LogP contribution in [0.1, 0.15) is 24.0 Å². The molecule has 4 heteroatoms. The molecule has 1 aromatic carbocycles. The van der Waals surface area contributed by atoms with E-state index < -0.39 is 17.4 Å². The Morgan fingerprint density at radius 1 is 1.05 bits per heavy atom. The zero-order valence-electron chi connectivity index (χ0n) is 12.4. The van der Waals surface area contributed by atoms with Gasteiger partial charge < -0.3 is 9.47 Å².